The van der Waals surface area contributed by atoms with Crippen LogP contribution in [0.3, 0.4) is 0 Å². The van der Waals surface area contributed by atoms with Crippen molar-refractivity contribution in [1.29, 1.82) is 0 Å². The minimum absolute atomic E-state index is 0.0779. The first-order valence-electron chi connectivity index (χ1n) is 11.0. The summed E-state index contributed by atoms with van der Waals surface area (Å²) in [5.41, 5.74) is 12.7. The number of hydrogen-bond acceptors (Lipinski definition) is 7. The van der Waals surface area contributed by atoms with Gasteiger partial charge in [0.15, 0.2) is 11.5 Å². The number of aryl methyl sites for hydroxylation is 1. The Bertz CT molecular complexity index is 1160. The molecule has 0 saturated carbocycles. The number of methoxy groups -OCH3 is 1. The van der Waals surface area contributed by atoms with Crippen LogP contribution in [0, 0.1) is 6.92 Å². The van der Waals surface area contributed by atoms with Gasteiger partial charge in [0.05, 0.1) is 13.3 Å². The Morgan fingerprint density at radius 1 is 1.12 bits per heavy atom. The number of nitrogens with zero attached hydrogens (tertiary/aromatic N) is 1. The summed E-state index contributed by atoms with van der Waals surface area (Å²) in [4.78, 5) is 12.5. The first-order chi connectivity index (χ1) is 16.5. The zero-order valence-electron chi connectivity index (χ0n) is 19.1. The van der Waals surface area contributed by atoms with Gasteiger partial charge < -0.3 is 14.6 Å². The minimum Gasteiger partial charge on any atom is -0.508 e. The van der Waals surface area contributed by atoms with Crippen molar-refractivity contribution in [3.8, 4) is 17.2 Å². The molecule has 176 valence electrons. The van der Waals surface area contributed by atoms with Crippen LogP contribution in [0.1, 0.15) is 34.7 Å². The summed E-state index contributed by atoms with van der Waals surface area (Å²) in [6.07, 6.45) is 2.03. The number of phenolic OH excluding ortho intramolecular Hbond substituents is 1. The average molecular weight is 461 g/mol. The maximum atomic E-state index is 12.5. The van der Waals surface area contributed by atoms with Crippen molar-refractivity contribution in [2.75, 3.05) is 7.11 Å². The fraction of sp³-hybridized carbons (Fsp3) is 0.231. The van der Waals surface area contributed by atoms with E-state index in [1.165, 1.54) is 11.8 Å². The molecule has 2 atom stereocenters. The number of benzene rings is 3. The molecule has 4 N–H and O–H groups in total. The number of amides is 1. The number of nitrogens with one attached hydrogen (secondary N) is 3. The van der Waals surface area contributed by atoms with E-state index in [-0.39, 0.29) is 17.7 Å². The number of carbonyl (C=O) groups is 1. The van der Waals surface area contributed by atoms with Crippen molar-refractivity contribution in [3.05, 3.63) is 89.0 Å². The van der Waals surface area contributed by atoms with Gasteiger partial charge in [-0.05, 0) is 54.3 Å². The Labute approximate surface area is 198 Å². The van der Waals surface area contributed by atoms with E-state index in [1.54, 1.807) is 31.4 Å². The van der Waals surface area contributed by atoms with Crippen LogP contribution in [0.4, 0.5) is 0 Å². The lowest BCUT2D eigenvalue weighted by Gasteiger charge is -2.15. The lowest BCUT2D eigenvalue weighted by Crippen LogP contribution is -2.41. The van der Waals surface area contributed by atoms with Crippen LogP contribution in [0.2, 0.25) is 0 Å². The van der Waals surface area contributed by atoms with E-state index in [9.17, 15) is 9.90 Å². The van der Waals surface area contributed by atoms with Gasteiger partial charge in [0.25, 0.3) is 5.91 Å². The van der Waals surface area contributed by atoms with Crippen LogP contribution >= 0.6 is 0 Å². The van der Waals surface area contributed by atoms with Gasteiger partial charge in [-0.15, -0.1) is 0 Å². The third-order valence-corrected chi connectivity index (χ3v) is 5.58. The molecule has 8 heteroatoms. The van der Waals surface area contributed by atoms with Crippen LogP contribution in [-0.2, 0) is 11.4 Å². The van der Waals surface area contributed by atoms with E-state index in [2.05, 4.69) is 40.4 Å². The van der Waals surface area contributed by atoms with Crippen molar-refractivity contribution in [1.82, 2.24) is 16.3 Å². The van der Waals surface area contributed by atoms with Crippen molar-refractivity contribution in [2.24, 2.45) is 5.10 Å². The van der Waals surface area contributed by atoms with E-state index < -0.39 is 6.04 Å². The first-order valence-corrected chi connectivity index (χ1v) is 11.0. The van der Waals surface area contributed by atoms with Gasteiger partial charge in [0.1, 0.15) is 18.4 Å². The summed E-state index contributed by atoms with van der Waals surface area (Å²) in [5.74, 6) is 1.18. The highest BCUT2D eigenvalue weighted by molar-refractivity contribution is 5.85. The number of carbonyl (C=O) groups excluding carboxylic acids is 1. The largest absolute Gasteiger partial charge is 0.508 e. The van der Waals surface area contributed by atoms with Gasteiger partial charge >= 0.3 is 0 Å². The Morgan fingerprint density at radius 3 is 2.71 bits per heavy atom. The number of hydrazine groups is 1. The molecule has 1 aliphatic heterocycles. The Balaban J connectivity index is 1.33. The van der Waals surface area contributed by atoms with Crippen LogP contribution < -0.4 is 25.8 Å². The third kappa shape index (κ3) is 5.92. The number of hydrogen-bond donors (Lipinski definition) is 4. The molecule has 3 aromatic rings. The maximum Gasteiger partial charge on any atom is 0.258 e. The molecule has 34 heavy (non-hydrogen) atoms. The molecule has 8 nitrogen and oxygen atoms in total. The van der Waals surface area contributed by atoms with Crippen LogP contribution in [0.15, 0.2) is 71.8 Å². The first kappa shape index (κ1) is 23.3. The molecule has 2 unspecified atom stereocenters. The average Bonchev–Trinajstić information content (AvgIpc) is 3.34. The fourth-order valence-corrected chi connectivity index (χ4v) is 3.67. The predicted molar refractivity (Wildman–Crippen MR) is 130 cm³/mol. The van der Waals surface area contributed by atoms with Crippen molar-refractivity contribution in [2.45, 2.75) is 32.0 Å². The molecule has 1 fully saturated rings. The number of hydrazone groups is 1. The lowest BCUT2D eigenvalue weighted by atomic mass is 10.0. The van der Waals surface area contributed by atoms with Crippen molar-refractivity contribution < 1.29 is 19.4 Å². The quantitative estimate of drug-likeness (QED) is 0.304. The predicted octanol–water partition coefficient (Wildman–Crippen LogP) is 3.35. The molecule has 3 aromatic carbocycles. The van der Waals surface area contributed by atoms with E-state index in [1.807, 2.05) is 30.3 Å². The van der Waals surface area contributed by atoms with Gasteiger partial charge in [-0.2, -0.15) is 5.10 Å². The second kappa shape index (κ2) is 10.8. The number of rotatable bonds is 8. The zero-order chi connectivity index (χ0) is 23.9. The number of aromatic hydroxyl groups is 1. The molecule has 1 heterocycles. The molecule has 1 aliphatic rings. The summed E-state index contributed by atoms with van der Waals surface area (Å²) in [6, 6.07) is 20.1. The van der Waals surface area contributed by atoms with Crippen molar-refractivity contribution >= 4 is 12.1 Å². The molecule has 0 spiro atoms. The van der Waals surface area contributed by atoms with Crippen molar-refractivity contribution in [3.63, 3.8) is 0 Å². The molecule has 0 radical (unpaired) electrons. The second-order valence-corrected chi connectivity index (χ2v) is 8.14. The molecular formula is C26H28N4O4. The van der Waals surface area contributed by atoms with Crippen LogP contribution in [0.25, 0.3) is 0 Å². The molecule has 1 amide bonds. The maximum absolute atomic E-state index is 12.5. The smallest absolute Gasteiger partial charge is 0.258 e. The van der Waals surface area contributed by atoms with E-state index in [4.69, 9.17) is 9.47 Å². The van der Waals surface area contributed by atoms with E-state index in [0.717, 1.165) is 11.1 Å². The Hall–Kier alpha value is -3.88. The van der Waals surface area contributed by atoms with Crippen LogP contribution in [0.5, 0.6) is 17.2 Å². The molecule has 0 aliphatic carbocycles. The highest BCUT2D eigenvalue weighted by Gasteiger charge is 2.30. The highest BCUT2D eigenvalue weighted by atomic mass is 16.5. The van der Waals surface area contributed by atoms with Gasteiger partial charge in [-0.3, -0.25) is 4.79 Å². The third-order valence-electron chi connectivity index (χ3n) is 5.58. The van der Waals surface area contributed by atoms with Gasteiger partial charge in [0, 0.05) is 6.04 Å². The van der Waals surface area contributed by atoms with Gasteiger partial charge in [0.2, 0.25) is 0 Å². The number of ether oxygens (including phenoxy) is 2. The van der Waals surface area contributed by atoms with Gasteiger partial charge in [-0.25, -0.2) is 16.3 Å². The topological polar surface area (TPSA) is 104 Å². The molecular weight excluding hydrogens is 432 g/mol. The summed E-state index contributed by atoms with van der Waals surface area (Å²) in [7, 11) is 1.61. The highest BCUT2D eigenvalue weighted by Crippen LogP contribution is 2.33. The summed E-state index contributed by atoms with van der Waals surface area (Å²) in [5, 5.41) is 13.5. The summed E-state index contributed by atoms with van der Waals surface area (Å²) < 4.78 is 11.5. The lowest BCUT2D eigenvalue weighted by molar-refractivity contribution is -0.122. The SMILES string of the molecule is COc1cc(C2CC(C(=O)N/N=C/c3cccc(O)c3)NN2)ccc1OCc1ccc(C)cc1. The minimum atomic E-state index is -0.449. The van der Waals surface area contributed by atoms with E-state index in [0.29, 0.717) is 30.1 Å². The standard InChI is InChI=1S/C26H28N4O4/c1-17-6-8-18(9-7-17)16-34-24-11-10-20(13-25(24)33-2)22-14-23(29-28-22)26(32)30-27-15-19-4-3-5-21(31)12-19/h3-13,15,22-23,28-29,31H,14,16H2,1-2H3,(H,30,32)/b27-15+. The van der Waals surface area contributed by atoms with E-state index >= 15 is 0 Å². The second-order valence-electron chi connectivity index (χ2n) is 8.14. The normalized spacial score (nSPS) is 17.6. The zero-order valence-corrected chi connectivity index (χ0v) is 19.1. The summed E-state index contributed by atoms with van der Waals surface area (Å²) >= 11 is 0. The molecule has 0 bridgehead atoms. The van der Waals surface area contributed by atoms with Crippen LogP contribution in [-0.4, -0.2) is 30.4 Å². The fourth-order valence-electron chi connectivity index (χ4n) is 3.67. The summed E-state index contributed by atoms with van der Waals surface area (Å²) in [6.45, 7) is 2.50. The Kier molecular flexibility index (Phi) is 7.41. The Morgan fingerprint density at radius 2 is 1.94 bits per heavy atom. The number of phenols is 1. The molecule has 0 aromatic heterocycles. The monoisotopic (exact) mass is 460 g/mol. The molecule has 1 saturated heterocycles. The van der Waals surface area contributed by atoms with Gasteiger partial charge in [-0.1, -0.05) is 48.0 Å². The molecule has 4 rings (SSSR count).